The average Bonchev–Trinajstić information content (AvgIpc) is 3.13. The van der Waals surface area contributed by atoms with E-state index in [1.807, 2.05) is 7.05 Å². The first-order chi connectivity index (χ1) is 18.2. The Bertz CT molecular complexity index is 1110. The van der Waals surface area contributed by atoms with Gasteiger partial charge in [-0.2, -0.15) is 15.0 Å². The summed E-state index contributed by atoms with van der Waals surface area (Å²) in [5.41, 5.74) is 0.611. The third-order valence-corrected chi connectivity index (χ3v) is 7.71. The molecule has 1 unspecified atom stereocenters. The maximum absolute atomic E-state index is 10.7. The number of aromatic nitrogens is 3. The first-order valence-corrected chi connectivity index (χ1v) is 14.9. The quantitative estimate of drug-likeness (QED) is 0.155. The average molecular weight is 592 g/mol. The Kier molecular flexibility index (Phi) is 12.5. The molecule has 1 saturated carbocycles. The SMILES string of the molecule is CN1CCC(N(C)c2nc(Nc3ccc(OCOP(=O)([O-])O)c(Cl)c3)nc(NC3CCCCCC3)n2)CC1.[Na+]. The van der Waals surface area contributed by atoms with Gasteiger partial charge in [-0.05, 0) is 64.0 Å². The molecule has 1 atom stereocenters. The Labute approximate surface area is 256 Å². The molecule has 3 N–H and O–H groups in total. The number of likely N-dealkylation sites (tertiary alicyclic amines) is 1. The summed E-state index contributed by atoms with van der Waals surface area (Å²) in [4.78, 5) is 38.1. The Balaban J connectivity index is 0.00000420. The van der Waals surface area contributed by atoms with Crippen molar-refractivity contribution in [3.8, 4) is 5.75 Å². The molecule has 1 aromatic heterocycles. The van der Waals surface area contributed by atoms with Crippen LogP contribution in [0.5, 0.6) is 5.75 Å². The number of piperidine rings is 1. The Morgan fingerprint density at radius 1 is 1.13 bits per heavy atom. The van der Waals surface area contributed by atoms with E-state index in [1.165, 1.54) is 25.7 Å². The van der Waals surface area contributed by atoms with Gasteiger partial charge in [-0.3, -0.25) is 9.09 Å². The van der Waals surface area contributed by atoms with Gasteiger partial charge in [0, 0.05) is 24.8 Å². The topological polar surface area (TPSA) is 148 Å². The molecular formula is C24H36ClN7NaO5P. The molecule has 2 aromatic rings. The van der Waals surface area contributed by atoms with Crippen LogP contribution in [-0.2, 0) is 9.09 Å². The van der Waals surface area contributed by atoms with Crippen LogP contribution < -0.4 is 54.7 Å². The zero-order valence-electron chi connectivity index (χ0n) is 22.8. The van der Waals surface area contributed by atoms with E-state index in [9.17, 15) is 9.46 Å². The van der Waals surface area contributed by atoms with Crippen molar-refractivity contribution < 1.29 is 53.2 Å². The first-order valence-electron chi connectivity index (χ1n) is 13.0. The van der Waals surface area contributed by atoms with Gasteiger partial charge < -0.3 is 35.0 Å². The van der Waals surface area contributed by atoms with Crippen LogP contribution in [0.3, 0.4) is 0 Å². The van der Waals surface area contributed by atoms with Crippen LogP contribution in [0.15, 0.2) is 18.2 Å². The summed E-state index contributed by atoms with van der Waals surface area (Å²) in [5.74, 6) is 1.71. The molecule has 0 bridgehead atoms. The normalized spacial score (nSPS) is 18.9. The third kappa shape index (κ3) is 10.3. The number of ether oxygens (including phenoxy) is 1. The predicted molar refractivity (Wildman–Crippen MR) is 145 cm³/mol. The number of anilines is 4. The second-order valence-electron chi connectivity index (χ2n) is 9.89. The maximum Gasteiger partial charge on any atom is 1.00 e. The first kappa shape index (κ1) is 32.3. The van der Waals surface area contributed by atoms with Crippen LogP contribution in [0.25, 0.3) is 0 Å². The van der Waals surface area contributed by atoms with Gasteiger partial charge in [-0.15, -0.1) is 0 Å². The second-order valence-corrected chi connectivity index (χ2v) is 11.5. The maximum atomic E-state index is 10.7. The second kappa shape index (κ2) is 15.1. The number of hydrogen-bond donors (Lipinski definition) is 3. The molecule has 0 spiro atoms. The molecule has 0 amide bonds. The number of phosphoric ester groups is 1. The van der Waals surface area contributed by atoms with E-state index in [4.69, 9.17) is 31.2 Å². The molecule has 210 valence electrons. The summed E-state index contributed by atoms with van der Waals surface area (Å²) in [6.07, 6.45) is 9.15. The smallest absolute Gasteiger partial charge is 0.756 e. The minimum atomic E-state index is -4.89. The van der Waals surface area contributed by atoms with E-state index >= 15 is 0 Å². The number of halogens is 1. The molecule has 39 heavy (non-hydrogen) atoms. The molecular weight excluding hydrogens is 556 g/mol. The molecule has 4 rings (SSSR count). The van der Waals surface area contributed by atoms with Gasteiger partial charge in [0.25, 0.3) is 7.82 Å². The number of benzene rings is 1. The molecule has 2 fully saturated rings. The molecule has 1 aliphatic heterocycles. The van der Waals surface area contributed by atoms with Crippen molar-refractivity contribution in [3.05, 3.63) is 23.2 Å². The van der Waals surface area contributed by atoms with Crippen LogP contribution in [0.1, 0.15) is 51.4 Å². The fourth-order valence-electron chi connectivity index (χ4n) is 4.78. The number of rotatable bonds is 10. The van der Waals surface area contributed by atoms with Crippen molar-refractivity contribution in [3.63, 3.8) is 0 Å². The van der Waals surface area contributed by atoms with E-state index in [-0.39, 0.29) is 40.3 Å². The van der Waals surface area contributed by atoms with Crippen molar-refractivity contribution >= 4 is 43.0 Å². The number of nitrogens with zero attached hydrogens (tertiary/aromatic N) is 5. The summed E-state index contributed by atoms with van der Waals surface area (Å²) < 4.78 is 20.1. The molecule has 1 aliphatic carbocycles. The zero-order valence-corrected chi connectivity index (χ0v) is 26.5. The third-order valence-electron chi connectivity index (χ3n) is 6.98. The Morgan fingerprint density at radius 3 is 2.44 bits per heavy atom. The van der Waals surface area contributed by atoms with Gasteiger partial charge in [0.2, 0.25) is 17.8 Å². The van der Waals surface area contributed by atoms with E-state index < -0.39 is 14.6 Å². The van der Waals surface area contributed by atoms with Crippen molar-refractivity contribution in [1.29, 1.82) is 0 Å². The van der Waals surface area contributed by atoms with Crippen LogP contribution in [0.2, 0.25) is 5.02 Å². The monoisotopic (exact) mass is 591 g/mol. The zero-order chi connectivity index (χ0) is 27.1. The standard InChI is InChI=1S/C24H37ClN7O5P.Na/c1-31-13-11-19(12-14-31)32(2)24-29-22(26-17-7-5-3-4-6-8-17)28-23(30-24)27-18-9-10-21(20(25)15-18)36-16-37-38(33,34)35;/h9-10,15,17,19H,3-8,11-14,16H2,1-2H3,(H2,33,34,35)(H2,26,27,28,29,30);/q;+1/p-1. The fourth-order valence-corrected chi connectivity index (χ4v) is 5.20. The molecule has 15 heteroatoms. The van der Waals surface area contributed by atoms with E-state index in [1.54, 1.807) is 18.2 Å². The largest absolute Gasteiger partial charge is 1.00 e. The summed E-state index contributed by atoms with van der Waals surface area (Å²) in [5, 5.41) is 6.96. The van der Waals surface area contributed by atoms with Crippen molar-refractivity contribution in [1.82, 2.24) is 19.9 Å². The fraction of sp³-hybridized carbons (Fsp3) is 0.625. The summed E-state index contributed by atoms with van der Waals surface area (Å²) in [7, 11) is -0.717. The Morgan fingerprint density at radius 2 is 1.79 bits per heavy atom. The van der Waals surface area contributed by atoms with Gasteiger partial charge >= 0.3 is 29.6 Å². The molecule has 2 aliphatic rings. The van der Waals surface area contributed by atoms with Gasteiger partial charge in [0.15, 0.2) is 6.79 Å². The molecule has 12 nitrogen and oxygen atoms in total. The van der Waals surface area contributed by atoms with Gasteiger partial charge in [-0.25, -0.2) is 0 Å². The van der Waals surface area contributed by atoms with Gasteiger partial charge in [0.05, 0.1) is 5.02 Å². The summed E-state index contributed by atoms with van der Waals surface area (Å²) in [6, 6.07) is 5.52. The number of nitrogens with one attached hydrogen (secondary N) is 2. The van der Waals surface area contributed by atoms with Crippen LogP contribution in [-0.4, -0.2) is 70.8 Å². The molecule has 0 radical (unpaired) electrons. The molecule has 2 heterocycles. The van der Waals surface area contributed by atoms with Crippen LogP contribution >= 0.6 is 19.4 Å². The number of hydrogen-bond acceptors (Lipinski definition) is 11. The van der Waals surface area contributed by atoms with E-state index in [2.05, 4.69) is 37.0 Å². The minimum absolute atomic E-state index is 0. The van der Waals surface area contributed by atoms with Gasteiger partial charge in [0.1, 0.15) is 5.75 Å². The van der Waals surface area contributed by atoms with Crippen molar-refractivity contribution in [2.24, 2.45) is 0 Å². The predicted octanol–water partition coefficient (Wildman–Crippen LogP) is 0.751. The summed E-state index contributed by atoms with van der Waals surface area (Å²) in [6.45, 7) is 1.36. The van der Waals surface area contributed by atoms with Crippen molar-refractivity contribution in [2.75, 3.05) is 49.5 Å². The van der Waals surface area contributed by atoms with Crippen LogP contribution in [0.4, 0.5) is 23.5 Å². The van der Waals surface area contributed by atoms with Crippen LogP contribution in [0, 0.1) is 0 Å². The van der Waals surface area contributed by atoms with Gasteiger partial charge in [-0.1, -0.05) is 37.3 Å². The van der Waals surface area contributed by atoms with Crippen molar-refractivity contribution in [2.45, 2.75) is 63.5 Å². The minimum Gasteiger partial charge on any atom is -0.756 e. The van der Waals surface area contributed by atoms with E-state index in [0.29, 0.717) is 35.6 Å². The molecule has 1 aromatic carbocycles. The van der Waals surface area contributed by atoms with E-state index in [0.717, 1.165) is 38.8 Å². The summed E-state index contributed by atoms with van der Waals surface area (Å²) >= 11 is 6.31. The Hall–Kier alpha value is -1.21. The number of phosphoric acid groups is 1. The molecule has 1 saturated heterocycles.